The molecule has 7 nitrogen and oxygen atoms in total. The number of benzene rings is 4. The Labute approximate surface area is 250 Å². The van der Waals surface area contributed by atoms with Gasteiger partial charge in [0, 0.05) is 22.4 Å². The maximum Gasteiger partial charge on any atom is 0.252 e. The first-order valence-electron chi connectivity index (χ1n) is 13.6. The number of amides is 2. The highest BCUT2D eigenvalue weighted by molar-refractivity contribution is 7.20. The fourth-order valence-corrected chi connectivity index (χ4v) is 7.68. The minimum Gasteiger partial charge on any atom is -0.273 e. The summed E-state index contributed by atoms with van der Waals surface area (Å²) in [6.07, 6.45) is 0. The fourth-order valence-electron chi connectivity index (χ4n) is 6.68. The van der Waals surface area contributed by atoms with Gasteiger partial charge in [-0.15, -0.1) is 10.2 Å². The molecule has 204 valence electrons. The quantitative estimate of drug-likeness (QED) is 0.218. The van der Waals surface area contributed by atoms with Crippen LogP contribution >= 0.6 is 22.9 Å². The molecule has 1 aromatic heterocycles. The molecule has 4 aliphatic rings. The molecule has 0 radical (unpaired) electrons. The van der Waals surface area contributed by atoms with Crippen molar-refractivity contribution in [1.29, 1.82) is 0 Å². The van der Waals surface area contributed by atoms with E-state index in [4.69, 9.17) is 16.6 Å². The first-order chi connectivity index (χ1) is 20.6. The van der Waals surface area contributed by atoms with Crippen molar-refractivity contribution < 1.29 is 9.59 Å². The predicted octanol–water partition coefficient (Wildman–Crippen LogP) is 7.78. The first-order valence-corrected chi connectivity index (χ1v) is 14.8. The van der Waals surface area contributed by atoms with E-state index in [1.165, 1.54) is 16.3 Å². The second-order valence-corrected chi connectivity index (χ2v) is 12.0. The summed E-state index contributed by atoms with van der Waals surface area (Å²) in [6, 6.07) is 33.1. The van der Waals surface area contributed by atoms with E-state index in [0.717, 1.165) is 27.8 Å². The Morgan fingerprint density at radius 1 is 0.714 bits per heavy atom. The Hall–Kier alpha value is -4.66. The number of thiazole rings is 1. The van der Waals surface area contributed by atoms with Crippen LogP contribution in [0.2, 0.25) is 5.02 Å². The molecule has 0 saturated carbocycles. The minimum absolute atomic E-state index is 0.173. The van der Waals surface area contributed by atoms with Crippen molar-refractivity contribution in [2.24, 2.45) is 22.1 Å². The average molecular weight is 588 g/mol. The lowest BCUT2D eigenvalue weighted by Crippen LogP contribution is -2.64. The van der Waals surface area contributed by atoms with E-state index in [0.29, 0.717) is 26.5 Å². The number of halogens is 1. The van der Waals surface area contributed by atoms with Crippen molar-refractivity contribution in [3.8, 4) is 11.3 Å². The Kier molecular flexibility index (Phi) is 5.80. The van der Waals surface area contributed by atoms with Crippen molar-refractivity contribution in [2.75, 3.05) is 5.01 Å². The van der Waals surface area contributed by atoms with Gasteiger partial charge in [-0.2, -0.15) is 5.01 Å². The molecule has 1 aliphatic heterocycles. The number of nitrogens with zero attached hydrogens (tertiary/aromatic N) is 4. The Morgan fingerprint density at radius 3 is 1.90 bits per heavy atom. The van der Waals surface area contributed by atoms with Gasteiger partial charge in [0.05, 0.1) is 17.5 Å². The van der Waals surface area contributed by atoms with Gasteiger partial charge in [-0.1, -0.05) is 102 Å². The fraction of sp³-hybridized carbons (Fsp3) is 0.121. The van der Waals surface area contributed by atoms with Crippen LogP contribution in [0, 0.1) is 11.8 Å². The Morgan fingerprint density at radius 2 is 1.29 bits per heavy atom. The molecule has 1 N–H and O–H groups in total. The molecule has 2 bridgehead atoms. The maximum atomic E-state index is 14.4. The Balaban J connectivity index is 1.22. The van der Waals surface area contributed by atoms with Gasteiger partial charge in [-0.05, 0) is 46.5 Å². The summed E-state index contributed by atoms with van der Waals surface area (Å²) >= 11 is 7.24. The zero-order chi connectivity index (χ0) is 28.4. The van der Waals surface area contributed by atoms with E-state index in [1.54, 1.807) is 24.3 Å². The molecule has 2 unspecified atom stereocenters. The highest BCUT2D eigenvalue weighted by Gasteiger charge is 2.58. The molecule has 9 heteroatoms. The van der Waals surface area contributed by atoms with Crippen LogP contribution in [0.15, 0.2) is 113 Å². The summed E-state index contributed by atoms with van der Waals surface area (Å²) < 4.78 is 0. The molecule has 1 saturated heterocycles. The summed E-state index contributed by atoms with van der Waals surface area (Å²) in [6.45, 7) is 0. The number of rotatable bonds is 4. The number of nitrogens with one attached hydrogen (secondary N) is 1. The molecule has 5 aromatic rings. The SMILES string of the molecule is O=C1NN(c2nc(-c3ccccc3)c(N=Nc3ccc(Cl)cc3)s2)C(=O)C2C3c4ccccc4C(c4ccccc43)C12. The van der Waals surface area contributed by atoms with E-state index in [-0.39, 0.29) is 23.7 Å². The van der Waals surface area contributed by atoms with Gasteiger partial charge in [0.25, 0.3) is 5.91 Å². The summed E-state index contributed by atoms with van der Waals surface area (Å²) in [5.74, 6) is -1.80. The molecule has 2 amide bonds. The topological polar surface area (TPSA) is 87.0 Å². The minimum atomic E-state index is -0.545. The van der Waals surface area contributed by atoms with Crippen LogP contribution in [0.1, 0.15) is 34.1 Å². The number of azo groups is 1. The van der Waals surface area contributed by atoms with Crippen LogP contribution in [-0.4, -0.2) is 16.8 Å². The largest absolute Gasteiger partial charge is 0.273 e. The maximum absolute atomic E-state index is 14.4. The first kappa shape index (κ1) is 25.1. The van der Waals surface area contributed by atoms with Gasteiger partial charge < -0.3 is 0 Å². The summed E-state index contributed by atoms with van der Waals surface area (Å²) in [5, 5.41) is 11.7. The summed E-state index contributed by atoms with van der Waals surface area (Å²) in [4.78, 5) is 33.1. The van der Waals surface area contributed by atoms with E-state index in [2.05, 4.69) is 39.9 Å². The second kappa shape index (κ2) is 9.72. The number of aromatic nitrogens is 1. The lowest BCUT2D eigenvalue weighted by atomic mass is 9.53. The third kappa shape index (κ3) is 3.83. The van der Waals surface area contributed by atoms with Crippen molar-refractivity contribution in [3.63, 3.8) is 0 Å². The molecule has 9 rings (SSSR count). The van der Waals surface area contributed by atoms with Gasteiger partial charge in [0.1, 0.15) is 5.69 Å². The molecular weight excluding hydrogens is 566 g/mol. The van der Waals surface area contributed by atoms with E-state index in [1.807, 2.05) is 54.6 Å². The average Bonchev–Trinajstić information content (AvgIpc) is 3.46. The molecule has 1 fully saturated rings. The van der Waals surface area contributed by atoms with Gasteiger partial charge in [-0.3, -0.25) is 15.0 Å². The number of carbonyl (C=O) groups is 2. The third-order valence-corrected chi connectivity index (χ3v) is 9.56. The van der Waals surface area contributed by atoms with Gasteiger partial charge in [0.2, 0.25) is 11.0 Å². The monoisotopic (exact) mass is 587 g/mol. The lowest BCUT2D eigenvalue weighted by molar-refractivity contribution is -0.142. The number of anilines is 1. The van der Waals surface area contributed by atoms with Crippen LogP contribution < -0.4 is 10.4 Å². The van der Waals surface area contributed by atoms with Gasteiger partial charge >= 0.3 is 0 Å². The highest BCUT2D eigenvalue weighted by Crippen LogP contribution is 2.59. The van der Waals surface area contributed by atoms with Crippen LogP contribution in [0.4, 0.5) is 15.8 Å². The number of hydrazine groups is 1. The molecule has 2 atom stereocenters. The molecule has 4 aromatic carbocycles. The molecule has 2 heterocycles. The van der Waals surface area contributed by atoms with E-state index >= 15 is 0 Å². The van der Waals surface area contributed by atoms with Crippen LogP contribution in [-0.2, 0) is 9.59 Å². The van der Waals surface area contributed by atoms with Crippen LogP contribution in [0.5, 0.6) is 0 Å². The van der Waals surface area contributed by atoms with Gasteiger partial charge in [-0.25, -0.2) is 4.98 Å². The highest BCUT2D eigenvalue weighted by atomic mass is 35.5. The predicted molar refractivity (Wildman–Crippen MR) is 162 cm³/mol. The standard InChI is InChI=1S/C33H22ClN5O2S/c34-19-14-16-20(17-15-19)36-37-31-29(18-8-2-1-3-9-18)35-33(42-31)39-32(41)28-26-23-12-6-4-10-21(23)25(27(28)30(40)38-39)22-11-5-7-13-24(22)26/h1-17,25-28H,(H,38,40). The number of hydrogen-bond donors (Lipinski definition) is 1. The van der Waals surface area contributed by atoms with E-state index < -0.39 is 11.8 Å². The van der Waals surface area contributed by atoms with Crippen molar-refractivity contribution >= 4 is 50.6 Å². The number of hydrogen-bond acceptors (Lipinski definition) is 6. The zero-order valence-corrected chi connectivity index (χ0v) is 23.6. The third-order valence-electron chi connectivity index (χ3n) is 8.39. The van der Waals surface area contributed by atoms with Crippen LogP contribution in [0.25, 0.3) is 11.3 Å². The molecule has 42 heavy (non-hydrogen) atoms. The molecule has 3 aliphatic carbocycles. The second-order valence-electron chi connectivity index (χ2n) is 10.6. The van der Waals surface area contributed by atoms with Crippen molar-refractivity contribution in [2.45, 2.75) is 11.8 Å². The van der Waals surface area contributed by atoms with Crippen LogP contribution in [0.3, 0.4) is 0 Å². The van der Waals surface area contributed by atoms with Gasteiger partial charge in [0.15, 0.2) is 5.00 Å². The summed E-state index contributed by atoms with van der Waals surface area (Å²) in [5.41, 5.74) is 9.45. The molecular formula is C33H22ClN5O2S. The number of carbonyl (C=O) groups excluding carboxylic acids is 2. The normalized spacial score (nSPS) is 22.1. The summed E-state index contributed by atoms with van der Waals surface area (Å²) in [7, 11) is 0. The van der Waals surface area contributed by atoms with Crippen molar-refractivity contribution in [1.82, 2.24) is 10.4 Å². The smallest absolute Gasteiger partial charge is 0.252 e. The molecule has 0 spiro atoms. The zero-order valence-electron chi connectivity index (χ0n) is 22.0. The van der Waals surface area contributed by atoms with E-state index in [9.17, 15) is 9.59 Å². The Bertz CT molecular complexity index is 1860. The lowest BCUT2D eigenvalue weighted by Gasteiger charge is -2.52. The van der Waals surface area contributed by atoms with Crippen molar-refractivity contribution in [3.05, 3.63) is 130 Å².